The fourth-order valence-electron chi connectivity index (χ4n) is 3.72. The standard InChI is InChI=1S/C18H25N5OS/c1-4-23-15(5-7-20-23)17-14(6-8-24-17)9-19-10-16-13(3)21-18-22(16)11-12(2)25-18/h5,7,11,14,17,19H,4,6,8-10H2,1-3H3/t14-,17+/m0/s1. The van der Waals surface area contributed by atoms with Crippen LogP contribution < -0.4 is 5.32 Å². The molecular weight excluding hydrogens is 334 g/mol. The Morgan fingerprint density at radius 3 is 3.12 bits per heavy atom. The maximum Gasteiger partial charge on any atom is 0.194 e. The average molecular weight is 359 g/mol. The zero-order valence-corrected chi connectivity index (χ0v) is 15.8. The van der Waals surface area contributed by atoms with E-state index in [-0.39, 0.29) is 6.10 Å². The predicted octanol–water partition coefficient (Wildman–Crippen LogP) is 3.10. The third kappa shape index (κ3) is 3.12. The highest BCUT2D eigenvalue weighted by molar-refractivity contribution is 7.17. The molecule has 0 radical (unpaired) electrons. The van der Waals surface area contributed by atoms with Crippen molar-refractivity contribution in [2.75, 3.05) is 13.2 Å². The molecule has 1 fully saturated rings. The maximum absolute atomic E-state index is 6.02. The summed E-state index contributed by atoms with van der Waals surface area (Å²) in [4.78, 5) is 7.04. The summed E-state index contributed by atoms with van der Waals surface area (Å²) in [5, 5.41) is 8.02. The van der Waals surface area contributed by atoms with E-state index < -0.39 is 0 Å². The van der Waals surface area contributed by atoms with Gasteiger partial charge in [0.25, 0.3) is 0 Å². The van der Waals surface area contributed by atoms with E-state index in [2.05, 4.69) is 52.8 Å². The van der Waals surface area contributed by atoms with Crippen LogP contribution in [0.25, 0.3) is 4.96 Å². The average Bonchev–Trinajstić information content (AvgIpc) is 3.33. The molecule has 3 aromatic heterocycles. The Hall–Kier alpha value is -1.70. The minimum Gasteiger partial charge on any atom is -0.372 e. The first-order valence-corrected chi connectivity index (χ1v) is 9.77. The summed E-state index contributed by atoms with van der Waals surface area (Å²) >= 11 is 1.74. The van der Waals surface area contributed by atoms with E-state index in [1.54, 1.807) is 11.3 Å². The van der Waals surface area contributed by atoms with Gasteiger partial charge in [0.2, 0.25) is 0 Å². The second-order valence-corrected chi connectivity index (χ2v) is 7.89. The van der Waals surface area contributed by atoms with Crippen molar-refractivity contribution in [3.05, 3.63) is 40.4 Å². The van der Waals surface area contributed by atoms with E-state index in [4.69, 9.17) is 4.74 Å². The summed E-state index contributed by atoms with van der Waals surface area (Å²) in [6, 6.07) is 2.09. The number of thiazole rings is 1. The first-order chi connectivity index (χ1) is 12.2. The molecule has 1 saturated heterocycles. The van der Waals surface area contributed by atoms with Crippen molar-refractivity contribution in [1.82, 2.24) is 24.5 Å². The smallest absolute Gasteiger partial charge is 0.194 e. The predicted molar refractivity (Wildman–Crippen MR) is 99.0 cm³/mol. The molecule has 0 saturated carbocycles. The van der Waals surface area contributed by atoms with Gasteiger partial charge in [-0.15, -0.1) is 11.3 Å². The van der Waals surface area contributed by atoms with E-state index in [1.807, 2.05) is 10.9 Å². The van der Waals surface area contributed by atoms with Crippen LogP contribution in [0.3, 0.4) is 0 Å². The Morgan fingerprint density at radius 2 is 2.28 bits per heavy atom. The van der Waals surface area contributed by atoms with Gasteiger partial charge in [0.1, 0.15) is 6.10 Å². The van der Waals surface area contributed by atoms with Crippen LogP contribution in [0.15, 0.2) is 18.5 Å². The van der Waals surface area contributed by atoms with Gasteiger partial charge in [-0.2, -0.15) is 5.10 Å². The Labute approximate surface area is 151 Å². The van der Waals surface area contributed by atoms with Crippen molar-refractivity contribution in [1.29, 1.82) is 0 Å². The fraction of sp³-hybridized carbons (Fsp3) is 0.556. The molecule has 0 aliphatic carbocycles. The van der Waals surface area contributed by atoms with E-state index in [1.165, 1.54) is 16.3 Å². The number of fused-ring (bicyclic) bond motifs is 1. The Balaban J connectivity index is 1.43. The number of hydrogen-bond acceptors (Lipinski definition) is 5. The Morgan fingerprint density at radius 1 is 1.40 bits per heavy atom. The molecule has 0 aromatic carbocycles. The Bertz CT molecular complexity index is 864. The van der Waals surface area contributed by atoms with Crippen LogP contribution >= 0.6 is 11.3 Å². The monoisotopic (exact) mass is 359 g/mol. The number of imidazole rings is 1. The SMILES string of the molecule is CCn1nccc1[C@@H]1OCC[C@H]1CNCc1c(C)nc2sc(C)cn12. The summed E-state index contributed by atoms with van der Waals surface area (Å²) in [7, 11) is 0. The van der Waals surface area contributed by atoms with Crippen molar-refractivity contribution in [2.45, 2.75) is 46.4 Å². The van der Waals surface area contributed by atoms with Crippen molar-refractivity contribution in [3.63, 3.8) is 0 Å². The van der Waals surface area contributed by atoms with Crippen LogP contribution in [0, 0.1) is 19.8 Å². The molecule has 1 aliphatic rings. The highest BCUT2D eigenvalue weighted by Gasteiger charge is 2.31. The van der Waals surface area contributed by atoms with Crippen molar-refractivity contribution < 1.29 is 4.74 Å². The van der Waals surface area contributed by atoms with Gasteiger partial charge in [-0.1, -0.05) is 0 Å². The van der Waals surface area contributed by atoms with Gasteiger partial charge in [-0.3, -0.25) is 9.08 Å². The third-order valence-corrected chi connectivity index (χ3v) is 5.89. The lowest BCUT2D eigenvalue weighted by atomic mass is 9.99. The number of aromatic nitrogens is 4. The van der Waals surface area contributed by atoms with Crippen LogP contribution in [-0.2, 0) is 17.8 Å². The summed E-state index contributed by atoms with van der Waals surface area (Å²) in [6.45, 7) is 9.82. The quantitative estimate of drug-likeness (QED) is 0.735. The number of rotatable bonds is 6. The van der Waals surface area contributed by atoms with E-state index in [0.717, 1.165) is 43.3 Å². The molecule has 0 spiro atoms. The molecule has 7 heteroatoms. The summed E-state index contributed by atoms with van der Waals surface area (Å²) < 4.78 is 10.3. The topological polar surface area (TPSA) is 56.4 Å². The van der Waals surface area contributed by atoms with Crippen LogP contribution in [0.2, 0.25) is 0 Å². The highest BCUT2D eigenvalue weighted by atomic mass is 32.1. The summed E-state index contributed by atoms with van der Waals surface area (Å²) in [6.07, 6.45) is 5.28. The van der Waals surface area contributed by atoms with Gasteiger partial charge in [0.05, 0.1) is 17.1 Å². The molecule has 0 unspecified atom stereocenters. The first-order valence-electron chi connectivity index (χ1n) is 8.95. The summed E-state index contributed by atoms with van der Waals surface area (Å²) in [5.74, 6) is 0.481. The molecule has 0 bridgehead atoms. The largest absolute Gasteiger partial charge is 0.372 e. The van der Waals surface area contributed by atoms with Gasteiger partial charge in [0.15, 0.2) is 4.96 Å². The van der Waals surface area contributed by atoms with E-state index in [9.17, 15) is 0 Å². The van der Waals surface area contributed by atoms with Crippen LogP contribution in [-0.4, -0.2) is 32.3 Å². The van der Waals surface area contributed by atoms with E-state index >= 15 is 0 Å². The molecule has 2 atom stereocenters. The second-order valence-electron chi connectivity index (χ2n) is 6.68. The lowest BCUT2D eigenvalue weighted by Crippen LogP contribution is -2.26. The number of aryl methyl sites for hydroxylation is 3. The highest BCUT2D eigenvalue weighted by Crippen LogP contribution is 2.34. The first kappa shape index (κ1) is 16.8. The minimum atomic E-state index is 0.143. The molecule has 6 nitrogen and oxygen atoms in total. The maximum atomic E-state index is 6.02. The lowest BCUT2D eigenvalue weighted by molar-refractivity contribution is 0.0829. The molecule has 1 aliphatic heterocycles. The Kier molecular flexibility index (Phi) is 4.62. The van der Waals surface area contributed by atoms with Gasteiger partial charge < -0.3 is 10.1 Å². The van der Waals surface area contributed by atoms with Gasteiger partial charge in [-0.25, -0.2) is 4.98 Å². The number of hydrogen-bond donors (Lipinski definition) is 1. The minimum absolute atomic E-state index is 0.143. The number of nitrogens with zero attached hydrogens (tertiary/aromatic N) is 4. The van der Waals surface area contributed by atoms with Crippen LogP contribution in [0.1, 0.15) is 41.4 Å². The van der Waals surface area contributed by atoms with E-state index in [0.29, 0.717) is 5.92 Å². The molecule has 0 amide bonds. The molecular formula is C18H25N5OS. The number of ether oxygens (including phenoxy) is 1. The zero-order valence-electron chi connectivity index (χ0n) is 15.0. The van der Waals surface area contributed by atoms with Gasteiger partial charge >= 0.3 is 0 Å². The third-order valence-electron chi connectivity index (χ3n) is 4.99. The molecule has 4 rings (SSSR count). The molecule has 3 aromatic rings. The second kappa shape index (κ2) is 6.90. The molecule has 134 valence electrons. The number of nitrogens with one attached hydrogen (secondary N) is 1. The van der Waals surface area contributed by atoms with Crippen molar-refractivity contribution in [2.24, 2.45) is 5.92 Å². The van der Waals surface area contributed by atoms with Crippen molar-refractivity contribution >= 4 is 16.3 Å². The van der Waals surface area contributed by atoms with Gasteiger partial charge in [-0.05, 0) is 33.3 Å². The normalized spacial score (nSPS) is 20.8. The van der Waals surface area contributed by atoms with Gasteiger partial charge in [0, 0.05) is 49.4 Å². The fourth-order valence-corrected chi connectivity index (χ4v) is 4.61. The molecule has 25 heavy (non-hydrogen) atoms. The molecule has 1 N–H and O–H groups in total. The van der Waals surface area contributed by atoms with Crippen LogP contribution in [0.5, 0.6) is 0 Å². The lowest BCUT2D eigenvalue weighted by Gasteiger charge is -2.20. The van der Waals surface area contributed by atoms with Crippen LogP contribution in [0.4, 0.5) is 0 Å². The molecule has 4 heterocycles. The summed E-state index contributed by atoms with van der Waals surface area (Å²) in [5.41, 5.74) is 3.57. The van der Waals surface area contributed by atoms with Crippen molar-refractivity contribution in [3.8, 4) is 0 Å². The zero-order chi connectivity index (χ0) is 17.4.